The third kappa shape index (κ3) is 7.15. The molecule has 0 amide bonds. The van der Waals surface area contributed by atoms with Crippen LogP contribution in [0.4, 0.5) is 0 Å². The van der Waals surface area contributed by atoms with Gasteiger partial charge in [0, 0.05) is 0 Å². The van der Waals surface area contributed by atoms with Crippen LogP contribution in [0.5, 0.6) is 5.75 Å². The van der Waals surface area contributed by atoms with E-state index in [1.54, 1.807) is 0 Å². The van der Waals surface area contributed by atoms with Crippen LogP contribution in [0.1, 0.15) is 115 Å². The van der Waals surface area contributed by atoms with E-state index >= 15 is 0 Å². The zero-order valence-corrected chi connectivity index (χ0v) is 18.8. The maximum absolute atomic E-state index is 12.6. The van der Waals surface area contributed by atoms with Crippen molar-refractivity contribution < 1.29 is 9.53 Å². The SMILES string of the molecule is CCCCCCCC1CCC(C(=O)Oc2ccc(C3CCC(C)CC3)cc2)CC1. The van der Waals surface area contributed by atoms with Crippen molar-refractivity contribution in [3.05, 3.63) is 29.8 Å². The Hall–Kier alpha value is -1.31. The van der Waals surface area contributed by atoms with Crippen LogP contribution in [0.2, 0.25) is 0 Å². The van der Waals surface area contributed by atoms with Crippen LogP contribution >= 0.6 is 0 Å². The van der Waals surface area contributed by atoms with Gasteiger partial charge in [0.15, 0.2) is 0 Å². The highest BCUT2D eigenvalue weighted by Gasteiger charge is 2.27. The zero-order valence-electron chi connectivity index (χ0n) is 18.8. The molecule has 0 N–H and O–H groups in total. The molecule has 0 unspecified atom stereocenters. The molecule has 0 aliphatic heterocycles. The molecule has 0 saturated heterocycles. The van der Waals surface area contributed by atoms with Gasteiger partial charge < -0.3 is 4.74 Å². The highest BCUT2D eigenvalue weighted by molar-refractivity contribution is 5.75. The van der Waals surface area contributed by atoms with Crippen LogP contribution < -0.4 is 4.74 Å². The first-order chi connectivity index (χ1) is 14.2. The van der Waals surface area contributed by atoms with Crippen LogP contribution in [-0.2, 0) is 4.79 Å². The first-order valence-corrected chi connectivity index (χ1v) is 12.5. The molecule has 2 aliphatic carbocycles. The van der Waals surface area contributed by atoms with Crippen LogP contribution in [0.25, 0.3) is 0 Å². The maximum Gasteiger partial charge on any atom is 0.314 e. The summed E-state index contributed by atoms with van der Waals surface area (Å²) >= 11 is 0. The van der Waals surface area contributed by atoms with E-state index < -0.39 is 0 Å². The molecule has 2 saturated carbocycles. The topological polar surface area (TPSA) is 26.3 Å². The van der Waals surface area contributed by atoms with Gasteiger partial charge in [-0.05, 0) is 74.0 Å². The van der Waals surface area contributed by atoms with Gasteiger partial charge in [-0.25, -0.2) is 0 Å². The van der Waals surface area contributed by atoms with Gasteiger partial charge in [-0.1, -0.05) is 77.3 Å². The Morgan fingerprint density at radius 2 is 1.52 bits per heavy atom. The number of carbonyl (C=O) groups excluding carboxylic acids is 1. The molecule has 2 heteroatoms. The number of carbonyl (C=O) groups is 1. The Morgan fingerprint density at radius 3 is 2.17 bits per heavy atom. The summed E-state index contributed by atoms with van der Waals surface area (Å²) in [6, 6.07) is 8.37. The van der Waals surface area contributed by atoms with Gasteiger partial charge in [0.05, 0.1) is 5.92 Å². The molecule has 0 radical (unpaired) electrons. The molecule has 0 heterocycles. The smallest absolute Gasteiger partial charge is 0.314 e. The Kier molecular flexibility index (Phi) is 9.08. The lowest BCUT2D eigenvalue weighted by Gasteiger charge is -2.27. The standard InChI is InChI=1S/C27H42O2/c1-3-4-5-6-7-8-22-11-15-25(16-12-22)27(28)29-26-19-17-24(18-20-26)23-13-9-21(2)10-14-23/h17-23,25H,3-16H2,1-2H3. The van der Waals surface area contributed by atoms with E-state index in [1.807, 2.05) is 12.1 Å². The number of hydrogen-bond acceptors (Lipinski definition) is 2. The normalized spacial score (nSPS) is 27.5. The van der Waals surface area contributed by atoms with Gasteiger partial charge in [-0.15, -0.1) is 0 Å². The van der Waals surface area contributed by atoms with Gasteiger partial charge in [0.25, 0.3) is 0 Å². The summed E-state index contributed by atoms with van der Waals surface area (Å²) in [4.78, 5) is 12.6. The number of ether oxygens (including phenoxy) is 1. The summed E-state index contributed by atoms with van der Waals surface area (Å²) in [5.74, 6) is 3.21. The molecular formula is C27H42O2. The molecule has 2 fully saturated rings. The molecule has 3 rings (SSSR count). The fraction of sp³-hybridized carbons (Fsp3) is 0.741. The van der Waals surface area contributed by atoms with Gasteiger partial charge in [-0.3, -0.25) is 4.79 Å². The predicted octanol–water partition coefficient (Wildman–Crippen LogP) is 8.05. The molecule has 1 aromatic rings. The first kappa shape index (κ1) is 22.4. The molecule has 1 aromatic carbocycles. The molecule has 0 atom stereocenters. The minimum atomic E-state index is -0.00867. The van der Waals surface area contributed by atoms with Crippen LogP contribution in [0.15, 0.2) is 24.3 Å². The lowest BCUT2D eigenvalue weighted by atomic mass is 9.79. The number of rotatable bonds is 9. The molecule has 2 nitrogen and oxygen atoms in total. The lowest BCUT2D eigenvalue weighted by Crippen LogP contribution is -2.25. The van der Waals surface area contributed by atoms with E-state index in [2.05, 4.69) is 26.0 Å². The third-order valence-electron chi connectivity index (χ3n) is 7.48. The fourth-order valence-corrected chi connectivity index (χ4v) is 5.32. The molecule has 0 bridgehead atoms. The van der Waals surface area contributed by atoms with Gasteiger partial charge in [0.2, 0.25) is 0 Å². The second-order valence-corrected chi connectivity index (χ2v) is 9.87. The molecule has 2 aliphatic rings. The largest absolute Gasteiger partial charge is 0.426 e. The van der Waals surface area contributed by atoms with Crippen molar-refractivity contribution in [2.24, 2.45) is 17.8 Å². The summed E-state index contributed by atoms with van der Waals surface area (Å²) in [5.41, 5.74) is 1.41. The van der Waals surface area contributed by atoms with Crippen molar-refractivity contribution in [3.63, 3.8) is 0 Å². The minimum Gasteiger partial charge on any atom is -0.426 e. The van der Waals surface area contributed by atoms with Crippen molar-refractivity contribution in [2.75, 3.05) is 0 Å². The van der Waals surface area contributed by atoms with E-state index in [9.17, 15) is 4.79 Å². The summed E-state index contributed by atoms with van der Waals surface area (Å²) in [7, 11) is 0. The number of benzene rings is 1. The molecule has 29 heavy (non-hydrogen) atoms. The number of esters is 1. The van der Waals surface area contributed by atoms with Crippen molar-refractivity contribution in [1.82, 2.24) is 0 Å². The summed E-state index contributed by atoms with van der Waals surface area (Å²) in [6.07, 6.45) is 17.9. The third-order valence-corrected chi connectivity index (χ3v) is 7.48. The van der Waals surface area contributed by atoms with Gasteiger partial charge in [-0.2, -0.15) is 0 Å². The Morgan fingerprint density at radius 1 is 0.862 bits per heavy atom. The predicted molar refractivity (Wildman–Crippen MR) is 121 cm³/mol. The molecule has 0 aromatic heterocycles. The first-order valence-electron chi connectivity index (χ1n) is 12.5. The molecule has 162 valence electrons. The quantitative estimate of drug-likeness (QED) is 0.239. The van der Waals surface area contributed by atoms with Crippen molar-refractivity contribution in [1.29, 1.82) is 0 Å². The summed E-state index contributed by atoms with van der Waals surface area (Å²) in [6.45, 7) is 4.63. The van der Waals surface area contributed by atoms with E-state index in [1.165, 1.54) is 82.6 Å². The second-order valence-electron chi connectivity index (χ2n) is 9.87. The molecular weight excluding hydrogens is 356 g/mol. The average Bonchev–Trinajstić information content (AvgIpc) is 2.75. The van der Waals surface area contributed by atoms with Gasteiger partial charge in [0.1, 0.15) is 5.75 Å². The average molecular weight is 399 g/mol. The Bertz CT molecular complexity index is 589. The van der Waals surface area contributed by atoms with Crippen LogP contribution in [0.3, 0.4) is 0 Å². The lowest BCUT2D eigenvalue weighted by molar-refractivity contribution is -0.140. The minimum absolute atomic E-state index is 0.00867. The Balaban J connectivity index is 1.37. The van der Waals surface area contributed by atoms with Crippen LogP contribution in [0, 0.1) is 17.8 Å². The van der Waals surface area contributed by atoms with E-state index in [0.717, 1.165) is 30.4 Å². The van der Waals surface area contributed by atoms with Gasteiger partial charge >= 0.3 is 5.97 Å². The highest BCUT2D eigenvalue weighted by Crippen LogP contribution is 2.36. The maximum atomic E-state index is 12.6. The number of unbranched alkanes of at least 4 members (excludes halogenated alkanes) is 4. The van der Waals surface area contributed by atoms with E-state index in [0.29, 0.717) is 5.92 Å². The Labute approximate surface area is 178 Å². The van der Waals surface area contributed by atoms with E-state index in [-0.39, 0.29) is 11.9 Å². The zero-order chi connectivity index (χ0) is 20.5. The van der Waals surface area contributed by atoms with E-state index in [4.69, 9.17) is 4.74 Å². The van der Waals surface area contributed by atoms with Crippen LogP contribution in [-0.4, -0.2) is 5.97 Å². The second kappa shape index (κ2) is 11.8. The summed E-state index contributed by atoms with van der Waals surface area (Å²) in [5, 5.41) is 0. The van der Waals surface area contributed by atoms with Crippen molar-refractivity contribution in [3.8, 4) is 5.75 Å². The van der Waals surface area contributed by atoms with Crippen molar-refractivity contribution >= 4 is 5.97 Å². The number of hydrogen-bond donors (Lipinski definition) is 0. The summed E-state index contributed by atoms with van der Waals surface area (Å²) < 4.78 is 5.73. The highest BCUT2D eigenvalue weighted by atomic mass is 16.5. The fourth-order valence-electron chi connectivity index (χ4n) is 5.32. The molecule has 0 spiro atoms. The monoisotopic (exact) mass is 398 g/mol. The van der Waals surface area contributed by atoms with Crippen molar-refractivity contribution in [2.45, 2.75) is 110 Å².